The summed E-state index contributed by atoms with van der Waals surface area (Å²) in [5.41, 5.74) is 2.01. The van der Waals surface area contributed by atoms with Gasteiger partial charge in [-0.15, -0.1) is 0 Å². The predicted molar refractivity (Wildman–Crippen MR) is 77.8 cm³/mol. The molecule has 1 aromatic carbocycles. The third-order valence-corrected chi connectivity index (χ3v) is 4.48. The summed E-state index contributed by atoms with van der Waals surface area (Å²) in [5.74, 6) is 0.126. The molecule has 1 aliphatic heterocycles. The standard InChI is InChI=1S/C15H13BrF2N2/c1-9-6-15(19-7-12(9)16)20-5-4-10-11(8-20)14(18)3-2-13(10)17/h2-3,6-7H,4-5,8H2,1H3. The quantitative estimate of drug-likeness (QED) is 0.781. The summed E-state index contributed by atoms with van der Waals surface area (Å²) in [6.45, 7) is 2.97. The van der Waals surface area contributed by atoms with Crippen LogP contribution in [0.2, 0.25) is 0 Å². The molecular weight excluding hydrogens is 326 g/mol. The number of halogens is 3. The summed E-state index contributed by atoms with van der Waals surface area (Å²) in [7, 11) is 0. The summed E-state index contributed by atoms with van der Waals surface area (Å²) in [5, 5.41) is 0. The van der Waals surface area contributed by atoms with E-state index >= 15 is 0 Å². The number of anilines is 1. The highest BCUT2D eigenvalue weighted by Gasteiger charge is 2.23. The van der Waals surface area contributed by atoms with Crippen molar-refractivity contribution in [3.05, 3.63) is 57.2 Å². The smallest absolute Gasteiger partial charge is 0.129 e. The van der Waals surface area contributed by atoms with Gasteiger partial charge < -0.3 is 4.90 Å². The number of rotatable bonds is 1. The number of benzene rings is 1. The maximum atomic E-state index is 13.9. The lowest BCUT2D eigenvalue weighted by atomic mass is 9.98. The first-order valence-corrected chi connectivity index (χ1v) is 7.18. The van der Waals surface area contributed by atoms with Crippen LogP contribution < -0.4 is 4.90 Å². The second kappa shape index (κ2) is 5.13. The molecule has 0 aliphatic carbocycles. The third-order valence-electron chi connectivity index (χ3n) is 3.65. The van der Waals surface area contributed by atoms with E-state index in [0.29, 0.717) is 30.6 Å². The Morgan fingerprint density at radius 3 is 2.60 bits per heavy atom. The van der Waals surface area contributed by atoms with Gasteiger partial charge in [0.1, 0.15) is 17.5 Å². The van der Waals surface area contributed by atoms with Gasteiger partial charge in [0.05, 0.1) is 0 Å². The van der Waals surface area contributed by atoms with Crippen molar-refractivity contribution < 1.29 is 8.78 Å². The lowest BCUT2D eigenvalue weighted by Crippen LogP contribution is -2.32. The fourth-order valence-electron chi connectivity index (χ4n) is 2.49. The molecule has 2 nitrogen and oxygen atoms in total. The Morgan fingerprint density at radius 1 is 1.20 bits per heavy atom. The first-order chi connectivity index (χ1) is 9.56. The minimum atomic E-state index is -0.347. The van der Waals surface area contributed by atoms with E-state index in [-0.39, 0.29) is 11.6 Å². The van der Waals surface area contributed by atoms with Gasteiger partial charge in [0.2, 0.25) is 0 Å². The van der Waals surface area contributed by atoms with E-state index in [1.54, 1.807) is 6.20 Å². The lowest BCUT2D eigenvalue weighted by molar-refractivity contribution is 0.548. The largest absolute Gasteiger partial charge is 0.352 e. The van der Waals surface area contributed by atoms with Crippen molar-refractivity contribution in [2.45, 2.75) is 19.9 Å². The molecule has 0 radical (unpaired) electrons. The average molecular weight is 339 g/mol. The second-order valence-corrected chi connectivity index (χ2v) is 5.80. The number of nitrogens with zero attached hydrogens (tertiary/aromatic N) is 2. The van der Waals surface area contributed by atoms with Crippen LogP contribution in [0.4, 0.5) is 14.6 Å². The highest BCUT2D eigenvalue weighted by Crippen LogP contribution is 2.28. The molecule has 5 heteroatoms. The molecule has 0 unspecified atom stereocenters. The van der Waals surface area contributed by atoms with Crippen molar-refractivity contribution >= 4 is 21.7 Å². The Balaban J connectivity index is 1.96. The van der Waals surface area contributed by atoms with Gasteiger partial charge in [0.25, 0.3) is 0 Å². The fourth-order valence-corrected chi connectivity index (χ4v) is 2.70. The number of aromatic nitrogens is 1. The molecule has 0 saturated carbocycles. The molecule has 20 heavy (non-hydrogen) atoms. The normalized spacial score (nSPS) is 14.3. The predicted octanol–water partition coefficient (Wildman–Crippen LogP) is 3.99. The van der Waals surface area contributed by atoms with E-state index in [4.69, 9.17) is 0 Å². The molecule has 0 fully saturated rings. The van der Waals surface area contributed by atoms with Crippen molar-refractivity contribution in [3.8, 4) is 0 Å². The molecule has 0 bridgehead atoms. The van der Waals surface area contributed by atoms with E-state index in [1.807, 2.05) is 17.9 Å². The first kappa shape index (κ1) is 13.5. The summed E-state index contributed by atoms with van der Waals surface area (Å²) < 4.78 is 28.5. The van der Waals surface area contributed by atoms with E-state index in [9.17, 15) is 8.78 Å². The Morgan fingerprint density at radius 2 is 1.90 bits per heavy atom. The lowest BCUT2D eigenvalue weighted by Gasteiger charge is -2.30. The van der Waals surface area contributed by atoms with Gasteiger partial charge in [0, 0.05) is 29.3 Å². The van der Waals surface area contributed by atoms with Crippen LogP contribution >= 0.6 is 15.9 Å². The summed E-state index contributed by atoms with van der Waals surface area (Å²) in [6.07, 6.45) is 2.23. The van der Waals surface area contributed by atoms with E-state index in [2.05, 4.69) is 20.9 Å². The number of aryl methyl sites for hydroxylation is 1. The van der Waals surface area contributed by atoms with Crippen LogP contribution in [0.5, 0.6) is 0 Å². The average Bonchev–Trinajstić information content (AvgIpc) is 2.46. The molecule has 0 atom stereocenters. The maximum Gasteiger partial charge on any atom is 0.129 e. The Kier molecular flexibility index (Phi) is 3.46. The van der Waals surface area contributed by atoms with Crippen LogP contribution in [-0.2, 0) is 13.0 Å². The van der Waals surface area contributed by atoms with E-state index in [1.165, 1.54) is 12.1 Å². The SMILES string of the molecule is Cc1cc(N2CCc3c(F)ccc(F)c3C2)ncc1Br. The van der Waals surface area contributed by atoms with Crippen LogP contribution in [-0.4, -0.2) is 11.5 Å². The Hall–Kier alpha value is -1.49. The van der Waals surface area contributed by atoms with Crippen molar-refractivity contribution in [1.82, 2.24) is 4.98 Å². The van der Waals surface area contributed by atoms with Crippen molar-refractivity contribution in [1.29, 1.82) is 0 Å². The zero-order chi connectivity index (χ0) is 14.3. The molecule has 2 aromatic rings. The van der Waals surface area contributed by atoms with Crippen LogP contribution in [0.15, 0.2) is 28.9 Å². The summed E-state index contributed by atoms with van der Waals surface area (Å²) in [4.78, 5) is 6.33. The molecule has 1 aromatic heterocycles. The molecule has 104 valence electrons. The van der Waals surface area contributed by atoms with Gasteiger partial charge in [0.15, 0.2) is 0 Å². The van der Waals surface area contributed by atoms with Gasteiger partial charge in [-0.3, -0.25) is 0 Å². The van der Waals surface area contributed by atoms with E-state index < -0.39 is 0 Å². The fraction of sp³-hybridized carbons (Fsp3) is 0.267. The Bertz CT molecular complexity index is 673. The molecule has 0 N–H and O–H groups in total. The van der Waals surface area contributed by atoms with Gasteiger partial charge in [-0.25, -0.2) is 13.8 Å². The highest BCUT2D eigenvalue weighted by molar-refractivity contribution is 9.10. The monoisotopic (exact) mass is 338 g/mol. The highest BCUT2D eigenvalue weighted by atomic mass is 79.9. The van der Waals surface area contributed by atoms with Gasteiger partial charge in [-0.05, 0) is 58.6 Å². The minimum absolute atomic E-state index is 0.319. The van der Waals surface area contributed by atoms with Crippen LogP contribution in [0.1, 0.15) is 16.7 Å². The van der Waals surface area contributed by atoms with Gasteiger partial charge >= 0.3 is 0 Å². The molecule has 2 heterocycles. The first-order valence-electron chi connectivity index (χ1n) is 6.39. The number of hydrogen-bond acceptors (Lipinski definition) is 2. The number of pyridine rings is 1. The zero-order valence-corrected chi connectivity index (χ0v) is 12.5. The van der Waals surface area contributed by atoms with Crippen molar-refractivity contribution in [3.63, 3.8) is 0 Å². The summed E-state index contributed by atoms with van der Waals surface area (Å²) >= 11 is 3.41. The van der Waals surface area contributed by atoms with Gasteiger partial charge in [-0.2, -0.15) is 0 Å². The zero-order valence-electron chi connectivity index (χ0n) is 11.0. The van der Waals surface area contributed by atoms with Crippen molar-refractivity contribution in [2.24, 2.45) is 0 Å². The molecular formula is C15H13BrF2N2. The van der Waals surface area contributed by atoms with Crippen LogP contribution in [0.25, 0.3) is 0 Å². The van der Waals surface area contributed by atoms with Crippen LogP contribution in [0, 0.1) is 18.6 Å². The second-order valence-electron chi connectivity index (χ2n) is 4.95. The number of hydrogen-bond donors (Lipinski definition) is 0. The Labute approximate surface area is 124 Å². The molecule has 3 rings (SSSR count). The summed E-state index contributed by atoms with van der Waals surface area (Å²) in [6, 6.07) is 4.34. The molecule has 0 saturated heterocycles. The minimum Gasteiger partial charge on any atom is -0.352 e. The maximum absolute atomic E-state index is 13.9. The third kappa shape index (κ3) is 2.30. The molecule has 0 amide bonds. The van der Waals surface area contributed by atoms with E-state index in [0.717, 1.165) is 15.9 Å². The topological polar surface area (TPSA) is 16.1 Å². The molecule has 1 aliphatic rings. The van der Waals surface area contributed by atoms with Crippen LogP contribution in [0.3, 0.4) is 0 Å². The van der Waals surface area contributed by atoms with Crippen molar-refractivity contribution in [2.75, 3.05) is 11.4 Å². The number of fused-ring (bicyclic) bond motifs is 1. The van der Waals surface area contributed by atoms with Gasteiger partial charge in [-0.1, -0.05) is 0 Å². The molecule has 0 spiro atoms.